The maximum absolute atomic E-state index is 13.3. The van der Waals surface area contributed by atoms with Crippen molar-refractivity contribution in [3.8, 4) is 33.8 Å². The monoisotopic (exact) mass is 605 g/mol. The van der Waals surface area contributed by atoms with Crippen molar-refractivity contribution in [2.75, 3.05) is 36.4 Å². The van der Waals surface area contributed by atoms with Gasteiger partial charge in [0.2, 0.25) is 0 Å². The maximum Gasteiger partial charge on any atom is 0.259 e. The molecule has 0 saturated carbocycles. The molecule has 1 heterocycles. The molecule has 1 saturated heterocycles. The second kappa shape index (κ2) is 12.8. The Morgan fingerprint density at radius 3 is 2.11 bits per heavy atom. The van der Waals surface area contributed by atoms with Gasteiger partial charge in [-0.25, -0.2) is 0 Å². The number of hydrogen-bond donors (Lipinski definition) is 3. The molecule has 1 aliphatic rings. The Morgan fingerprint density at radius 1 is 0.630 bits per heavy atom. The van der Waals surface area contributed by atoms with E-state index in [4.69, 9.17) is 0 Å². The van der Waals surface area contributed by atoms with Gasteiger partial charge in [-0.1, -0.05) is 91.0 Å². The van der Waals surface area contributed by atoms with Crippen LogP contribution in [0.5, 0.6) is 11.5 Å². The first kappa shape index (κ1) is 29.1. The highest BCUT2D eigenvalue weighted by Crippen LogP contribution is 2.36. The minimum Gasteiger partial charge on any atom is -0.504 e. The summed E-state index contributed by atoms with van der Waals surface area (Å²) in [7, 11) is 0. The average molecular weight is 606 g/mol. The molecule has 6 heteroatoms. The molecule has 1 aliphatic heterocycles. The Kier molecular flexibility index (Phi) is 8.11. The van der Waals surface area contributed by atoms with Gasteiger partial charge in [-0.3, -0.25) is 9.69 Å². The van der Waals surface area contributed by atoms with Crippen LogP contribution in [0.3, 0.4) is 0 Å². The van der Waals surface area contributed by atoms with Gasteiger partial charge in [-0.05, 0) is 81.1 Å². The van der Waals surface area contributed by atoms with Gasteiger partial charge in [-0.2, -0.15) is 0 Å². The minimum absolute atomic E-state index is 0.0113. The lowest BCUT2D eigenvalue weighted by Crippen LogP contribution is -2.46. The van der Waals surface area contributed by atoms with E-state index in [1.807, 2.05) is 66.7 Å². The predicted molar refractivity (Wildman–Crippen MR) is 186 cm³/mol. The number of phenols is 2. The van der Waals surface area contributed by atoms with Crippen LogP contribution in [-0.4, -0.2) is 47.2 Å². The molecule has 0 radical (unpaired) electrons. The Morgan fingerprint density at radius 2 is 1.33 bits per heavy atom. The van der Waals surface area contributed by atoms with Crippen molar-refractivity contribution in [2.24, 2.45) is 0 Å². The summed E-state index contributed by atoms with van der Waals surface area (Å²) in [6.45, 7) is 4.64. The van der Waals surface area contributed by atoms with Crippen molar-refractivity contribution >= 4 is 28.1 Å². The van der Waals surface area contributed by atoms with Crippen molar-refractivity contribution < 1.29 is 15.0 Å². The Hall–Kier alpha value is -5.59. The summed E-state index contributed by atoms with van der Waals surface area (Å²) in [5.74, 6) is -1.27. The van der Waals surface area contributed by atoms with Crippen LogP contribution >= 0.6 is 0 Å². The minimum atomic E-state index is -0.493. The molecule has 0 aliphatic carbocycles. The highest BCUT2D eigenvalue weighted by Gasteiger charge is 2.20. The van der Waals surface area contributed by atoms with Gasteiger partial charge >= 0.3 is 0 Å². The standard InChI is InChI=1S/C40H35N3O3/c44-38-26-33(31-15-14-28-8-4-5-11-30(28)24-31)25-37(39(38)45)40(46)41-34-16-18-35(19-17-34)43-22-20-42(21-23-43)27-32-12-6-7-13-36(32)29-9-2-1-3-10-29/h1-19,24-26,44-45H,20-23,27H2,(H,41,46). The molecule has 46 heavy (non-hydrogen) atoms. The number of amides is 1. The molecule has 0 aromatic heterocycles. The van der Waals surface area contributed by atoms with Gasteiger partial charge in [0.25, 0.3) is 5.91 Å². The highest BCUT2D eigenvalue weighted by molar-refractivity contribution is 6.07. The zero-order valence-corrected chi connectivity index (χ0v) is 25.4. The SMILES string of the molecule is O=C(Nc1ccc(N2CCN(Cc3ccccc3-c3ccccc3)CC2)cc1)c1cc(-c2ccc3ccccc3c2)cc(O)c1O. The number of piperazine rings is 1. The molecule has 0 unspecified atom stereocenters. The summed E-state index contributed by atoms with van der Waals surface area (Å²) in [5, 5.41) is 26.1. The number of nitrogens with zero attached hydrogens (tertiary/aromatic N) is 2. The molecule has 228 valence electrons. The largest absolute Gasteiger partial charge is 0.504 e. The summed E-state index contributed by atoms with van der Waals surface area (Å²) in [6, 6.07) is 44.0. The lowest BCUT2D eigenvalue weighted by molar-refractivity contribution is 0.102. The summed E-state index contributed by atoms with van der Waals surface area (Å²) in [5.41, 5.74) is 7.07. The molecule has 0 bridgehead atoms. The van der Waals surface area contributed by atoms with E-state index in [0.717, 1.165) is 54.7 Å². The van der Waals surface area contributed by atoms with Gasteiger partial charge in [0.15, 0.2) is 11.5 Å². The third-order valence-electron chi connectivity index (χ3n) is 8.78. The molecule has 0 spiro atoms. The molecule has 6 aromatic carbocycles. The van der Waals surface area contributed by atoms with Crippen LogP contribution in [0.4, 0.5) is 11.4 Å². The molecular formula is C40H35N3O3. The summed E-state index contributed by atoms with van der Waals surface area (Å²) in [6.07, 6.45) is 0. The third-order valence-corrected chi connectivity index (χ3v) is 8.78. The molecule has 1 amide bonds. The van der Waals surface area contributed by atoms with Crippen molar-refractivity contribution in [3.05, 3.63) is 145 Å². The van der Waals surface area contributed by atoms with Crippen LogP contribution in [0, 0.1) is 0 Å². The average Bonchev–Trinajstić information content (AvgIpc) is 3.10. The number of fused-ring (bicyclic) bond motifs is 1. The normalized spacial score (nSPS) is 13.5. The van der Waals surface area contributed by atoms with Crippen molar-refractivity contribution in [1.82, 2.24) is 4.90 Å². The Balaban J connectivity index is 0.995. The number of phenolic OH excluding ortho intramolecular Hbond substituents is 2. The maximum atomic E-state index is 13.3. The fraction of sp³-hybridized carbons (Fsp3) is 0.125. The van der Waals surface area contributed by atoms with E-state index in [1.54, 1.807) is 6.07 Å². The van der Waals surface area contributed by atoms with E-state index >= 15 is 0 Å². The van der Waals surface area contributed by atoms with Crippen LogP contribution in [0.25, 0.3) is 33.0 Å². The summed E-state index contributed by atoms with van der Waals surface area (Å²) >= 11 is 0. The van der Waals surface area contributed by atoms with Gasteiger partial charge in [0.1, 0.15) is 0 Å². The van der Waals surface area contributed by atoms with Crippen molar-refractivity contribution in [3.63, 3.8) is 0 Å². The van der Waals surface area contributed by atoms with E-state index in [0.29, 0.717) is 11.3 Å². The van der Waals surface area contributed by atoms with Crippen LogP contribution in [0.2, 0.25) is 0 Å². The number of aromatic hydroxyl groups is 2. The number of carbonyl (C=O) groups is 1. The highest BCUT2D eigenvalue weighted by atomic mass is 16.3. The van der Waals surface area contributed by atoms with Crippen molar-refractivity contribution in [2.45, 2.75) is 6.54 Å². The van der Waals surface area contributed by atoms with Gasteiger partial charge in [0.05, 0.1) is 5.56 Å². The van der Waals surface area contributed by atoms with Gasteiger partial charge in [-0.15, -0.1) is 0 Å². The molecular weight excluding hydrogens is 570 g/mol. The Bertz CT molecular complexity index is 2000. The number of rotatable bonds is 7. The third kappa shape index (κ3) is 6.16. The lowest BCUT2D eigenvalue weighted by atomic mass is 9.98. The Labute approximate surface area is 268 Å². The number of benzene rings is 6. The number of hydrogen-bond acceptors (Lipinski definition) is 5. The summed E-state index contributed by atoms with van der Waals surface area (Å²) in [4.78, 5) is 18.1. The fourth-order valence-electron chi connectivity index (χ4n) is 6.24. The van der Waals surface area contributed by atoms with Gasteiger partial charge < -0.3 is 20.4 Å². The molecule has 1 fully saturated rings. The van der Waals surface area contributed by atoms with E-state index in [2.05, 4.69) is 69.7 Å². The van der Waals surface area contributed by atoms with Crippen LogP contribution in [-0.2, 0) is 6.54 Å². The number of anilines is 2. The van der Waals surface area contributed by atoms with E-state index in [9.17, 15) is 15.0 Å². The number of nitrogens with one attached hydrogen (secondary N) is 1. The first-order chi connectivity index (χ1) is 22.5. The smallest absolute Gasteiger partial charge is 0.259 e. The van der Waals surface area contributed by atoms with Crippen LogP contribution in [0.15, 0.2) is 133 Å². The topological polar surface area (TPSA) is 76.0 Å². The van der Waals surface area contributed by atoms with E-state index in [1.165, 1.54) is 22.8 Å². The second-order valence-electron chi connectivity index (χ2n) is 11.7. The quantitative estimate of drug-likeness (QED) is 0.160. The molecule has 3 N–H and O–H groups in total. The summed E-state index contributed by atoms with van der Waals surface area (Å²) < 4.78 is 0. The second-order valence-corrected chi connectivity index (χ2v) is 11.7. The van der Waals surface area contributed by atoms with Gasteiger partial charge in [0, 0.05) is 44.1 Å². The van der Waals surface area contributed by atoms with E-state index < -0.39 is 11.7 Å². The van der Waals surface area contributed by atoms with Crippen LogP contribution in [0.1, 0.15) is 15.9 Å². The number of carbonyl (C=O) groups excluding carboxylic acids is 1. The first-order valence-corrected chi connectivity index (χ1v) is 15.6. The van der Waals surface area contributed by atoms with Crippen LogP contribution < -0.4 is 10.2 Å². The molecule has 0 atom stereocenters. The molecule has 6 nitrogen and oxygen atoms in total. The zero-order valence-electron chi connectivity index (χ0n) is 25.4. The first-order valence-electron chi connectivity index (χ1n) is 15.6. The lowest BCUT2D eigenvalue weighted by Gasteiger charge is -2.36. The van der Waals surface area contributed by atoms with Crippen molar-refractivity contribution in [1.29, 1.82) is 0 Å². The van der Waals surface area contributed by atoms with E-state index in [-0.39, 0.29) is 11.3 Å². The molecule has 7 rings (SSSR count). The fourth-order valence-corrected chi connectivity index (χ4v) is 6.24. The predicted octanol–water partition coefficient (Wildman–Crippen LogP) is 8.16. The zero-order chi connectivity index (χ0) is 31.5. The molecule has 6 aromatic rings.